The van der Waals surface area contributed by atoms with Crippen molar-refractivity contribution >= 4 is 32.8 Å². The molecule has 126 valence electrons. The van der Waals surface area contributed by atoms with Gasteiger partial charge >= 0.3 is 0 Å². The Bertz CT molecular complexity index is 901. The van der Waals surface area contributed by atoms with Gasteiger partial charge < -0.3 is 9.64 Å². The van der Waals surface area contributed by atoms with Gasteiger partial charge in [0.2, 0.25) is 0 Å². The van der Waals surface area contributed by atoms with Gasteiger partial charge in [0.1, 0.15) is 11.3 Å². The van der Waals surface area contributed by atoms with E-state index < -0.39 is 0 Å². The van der Waals surface area contributed by atoms with Crippen molar-refractivity contribution < 1.29 is 4.74 Å². The summed E-state index contributed by atoms with van der Waals surface area (Å²) in [4.78, 5) is 7.17. The molecule has 0 amide bonds. The van der Waals surface area contributed by atoms with Crippen molar-refractivity contribution in [3.8, 4) is 11.3 Å². The van der Waals surface area contributed by atoms with Crippen molar-refractivity contribution in [2.45, 2.75) is 13.0 Å². The Morgan fingerprint density at radius 2 is 2.12 bits per heavy atom. The number of hydrogen-bond acceptors (Lipinski definition) is 5. The molecule has 3 aromatic heterocycles. The zero-order valence-electron chi connectivity index (χ0n) is 13.9. The summed E-state index contributed by atoms with van der Waals surface area (Å²) in [5, 5.41) is 8.81. The highest BCUT2D eigenvalue weighted by Crippen LogP contribution is 2.34. The minimum Gasteiger partial charge on any atom is -0.377 e. The number of hydrogen-bond donors (Lipinski definition) is 0. The molecule has 0 unspecified atom stereocenters. The van der Waals surface area contributed by atoms with Crippen LogP contribution in [0.15, 0.2) is 22.9 Å². The van der Waals surface area contributed by atoms with E-state index in [0.29, 0.717) is 6.04 Å². The van der Waals surface area contributed by atoms with E-state index >= 15 is 0 Å². The maximum atomic E-state index is 5.56. The van der Waals surface area contributed by atoms with Crippen molar-refractivity contribution in [3.63, 3.8) is 0 Å². The standard InChI is InChI=1S/C16H19BrN6O/c1-10-9-24-7-6-23(10)13-8-11(12-4-5-18-21(12)2)15-14(19-13)16(17)20-22(15)3/h4-5,8,10H,6-7,9H2,1-3H3/t10-/m1/s1. The molecule has 0 N–H and O–H groups in total. The van der Waals surface area contributed by atoms with Gasteiger partial charge in [-0.1, -0.05) is 0 Å². The quantitative estimate of drug-likeness (QED) is 0.671. The van der Waals surface area contributed by atoms with Gasteiger partial charge in [-0.3, -0.25) is 9.36 Å². The van der Waals surface area contributed by atoms with Crippen LogP contribution in [0.3, 0.4) is 0 Å². The number of aryl methyl sites for hydroxylation is 2. The lowest BCUT2D eigenvalue weighted by Crippen LogP contribution is -2.44. The van der Waals surface area contributed by atoms with Crippen molar-refractivity contribution in [1.82, 2.24) is 24.5 Å². The zero-order valence-corrected chi connectivity index (χ0v) is 15.5. The van der Waals surface area contributed by atoms with Crippen molar-refractivity contribution in [2.75, 3.05) is 24.7 Å². The number of anilines is 1. The van der Waals surface area contributed by atoms with Crippen LogP contribution in [0.25, 0.3) is 22.3 Å². The van der Waals surface area contributed by atoms with Crippen LogP contribution in [-0.2, 0) is 18.8 Å². The number of fused-ring (bicyclic) bond motifs is 1. The fraction of sp³-hybridized carbons (Fsp3) is 0.438. The second kappa shape index (κ2) is 5.86. The van der Waals surface area contributed by atoms with E-state index in [9.17, 15) is 0 Å². The predicted octanol–water partition coefficient (Wildman–Crippen LogP) is 2.36. The smallest absolute Gasteiger partial charge is 0.154 e. The number of halogens is 1. The van der Waals surface area contributed by atoms with Gasteiger partial charge in [-0.2, -0.15) is 10.2 Å². The molecule has 1 aliphatic heterocycles. The minimum absolute atomic E-state index is 0.290. The van der Waals surface area contributed by atoms with Crippen LogP contribution in [0.1, 0.15) is 6.92 Å². The van der Waals surface area contributed by atoms with Crippen LogP contribution in [0.2, 0.25) is 0 Å². The Hall–Kier alpha value is -1.93. The predicted molar refractivity (Wildman–Crippen MR) is 96.0 cm³/mol. The molecule has 24 heavy (non-hydrogen) atoms. The van der Waals surface area contributed by atoms with Gasteiger partial charge in [0.05, 0.1) is 30.5 Å². The molecule has 1 aliphatic rings. The molecule has 0 saturated carbocycles. The highest BCUT2D eigenvalue weighted by Gasteiger charge is 2.24. The molecule has 3 aromatic rings. The molecule has 4 rings (SSSR count). The van der Waals surface area contributed by atoms with E-state index in [2.05, 4.69) is 44.0 Å². The summed E-state index contributed by atoms with van der Waals surface area (Å²) in [5.74, 6) is 0.947. The molecule has 7 nitrogen and oxygen atoms in total. The fourth-order valence-electron chi connectivity index (χ4n) is 3.27. The number of aromatic nitrogens is 5. The van der Waals surface area contributed by atoms with Gasteiger partial charge in [0, 0.05) is 32.4 Å². The van der Waals surface area contributed by atoms with Crippen LogP contribution >= 0.6 is 15.9 Å². The molecule has 0 aliphatic carbocycles. The third-order valence-corrected chi connectivity index (χ3v) is 5.03. The fourth-order valence-corrected chi connectivity index (χ4v) is 3.79. The van der Waals surface area contributed by atoms with E-state index in [1.165, 1.54) is 0 Å². The van der Waals surface area contributed by atoms with Crippen molar-refractivity contribution in [2.24, 2.45) is 14.1 Å². The van der Waals surface area contributed by atoms with Gasteiger partial charge in [0.15, 0.2) is 4.60 Å². The lowest BCUT2D eigenvalue weighted by Gasteiger charge is -2.34. The molecule has 1 fully saturated rings. The lowest BCUT2D eigenvalue weighted by molar-refractivity contribution is 0.0986. The topological polar surface area (TPSA) is 61.0 Å². The molecule has 0 aromatic carbocycles. The second-order valence-electron chi connectivity index (χ2n) is 6.10. The van der Waals surface area contributed by atoms with E-state index in [4.69, 9.17) is 9.72 Å². The third-order valence-electron chi connectivity index (χ3n) is 4.49. The first kappa shape index (κ1) is 15.6. The Morgan fingerprint density at radius 3 is 2.83 bits per heavy atom. The van der Waals surface area contributed by atoms with E-state index in [1.54, 1.807) is 0 Å². The molecule has 1 atom stereocenters. The first-order valence-corrected chi connectivity index (χ1v) is 8.71. The SMILES string of the molecule is C[C@@H]1COCCN1c1cc(-c2ccnn2C)c2c(n1)c(Br)nn2C. The van der Waals surface area contributed by atoms with Crippen molar-refractivity contribution in [1.29, 1.82) is 0 Å². The Labute approximate surface area is 148 Å². The summed E-state index contributed by atoms with van der Waals surface area (Å²) in [5.41, 5.74) is 3.98. The molecule has 1 saturated heterocycles. The highest BCUT2D eigenvalue weighted by atomic mass is 79.9. The van der Waals surface area contributed by atoms with Gasteiger partial charge in [-0.25, -0.2) is 4.98 Å². The summed E-state index contributed by atoms with van der Waals surface area (Å²) in [6.07, 6.45) is 1.81. The second-order valence-corrected chi connectivity index (χ2v) is 6.85. The van der Waals surface area contributed by atoms with Crippen LogP contribution in [0.4, 0.5) is 5.82 Å². The number of ether oxygens (including phenoxy) is 1. The average Bonchev–Trinajstić information content (AvgIpc) is 3.11. The third kappa shape index (κ3) is 2.41. The number of morpholine rings is 1. The Balaban J connectivity index is 1.97. The molecular formula is C16H19BrN6O. The van der Waals surface area contributed by atoms with Crippen LogP contribution in [0, 0.1) is 0 Å². The monoisotopic (exact) mass is 390 g/mol. The average molecular weight is 391 g/mol. The first-order chi connectivity index (χ1) is 11.6. The number of pyridine rings is 1. The molecule has 8 heteroatoms. The van der Waals surface area contributed by atoms with E-state index in [0.717, 1.165) is 52.5 Å². The molecule has 4 heterocycles. The Morgan fingerprint density at radius 1 is 1.29 bits per heavy atom. The molecule has 0 spiro atoms. The number of rotatable bonds is 2. The van der Waals surface area contributed by atoms with Crippen LogP contribution in [0.5, 0.6) is 0 Å². The summed E-state index contributed by atoms with van der Waals surface area (Å²) in [6.45, 7) is 4.43. The molecule has 0 radical (unpaired) electrons. The van der Waals surface area contributed by atoms with Crippen molar-refractivity contribution in [3.05, 3.63) is 22.9 Å². The van der Waals surface area contributed by atoms with Crippen LogP contribution < -0.4 is 4.90 Å². The highest BCUT2D eigenvalue weighted by molar-refractivity contribution is 9.10. The summed E-state index contributed by atoms with van der Waals surface area (Å²) in [7, 11) is 3.88. The van der Waals surface area contributed by atoms with Crippen LogP contribution in [-0.4, -0.2) is 50.3 Å². The summed E-state index contributed by atoms with van der Waals surface area (Å²) in [6, 6.07) is 4.44. The molecular weight excluding hydrogens is 372 g/mol. The summed E-state index contributed by atoms with van der Waals surface area (Å²) >= 11 is 3.55. The van der Waals surface area contributed by atoms with E-state index in [1.807, 2.05) is 35.7 Å². The van der Waals surface area contributed by atoms with E-state index in [-0.39, 0.29) is 0 Å². The maximum absolute atomic E-state index is 5.56. The summed E-state index contributed by atoms with van der Waals surface area (Å²) < 4.78 is 10.1. The normalized spacial score (nSPS) is 18.5. The first-order valence-electron chi connectivity index (χ1n) is 7.92. The maximum Gasteiger partial charge on any atom is 0.154 e. The van der Waals surface area contributed by atoms with Gasteiger partial charge in [-0.15, -0.1) is 0 Å². The largest absolute Gasteiger partial charge is 0.377 e. The number of nitrogens with zero attached hydrogens (tertiary/aromatic N) is 6. The zero-order chi connectivity index (χ0) is 16.8. The Kier molecular flexibility index (Phi) is 3.80. The van der Waals surface area contributed by atoms with Gasteiger partial charge in [-0.05, 0) is 35.0 Å². The molecule has 0 bridgehead atoms. The lowest BCUT2D eigenvalue weighted by atomic mass is 10.1. The minimum atomic E-state index is 0.290. The van der Waals surface area contributed by atoms with Gasteiger partial charge in [0.25, 0.3) is 0 Å².